The van der Waals surface area contributed by atoms with Crippen LogP contribution in [0.5, 0.6) is 11.5 Å². The Morgan fingerprint density at radius 1 is 0.943 bits per heavy atom. The second-order valence-corrected chi connectivity index (χ2v) is 7.28. The highest BCUT2D eigenvalue weighted by molar-refractivity contribution is 6.03. The van der Waals surface area contributed by atoms with Crippen LogP contribution in [0.25, 0.3) is 10.9 Å². The Morgan fingerprint density at radius 3 is 2.34 bits per heavy atom. The number of hydrogen-bond donors (Lipinski definition) is 2. The highest BCUT2D eigenvalue weighted by atomic mass is 16.5. The topological polar surface area (TPSA) is 148 Å². The number of hydrogen-bond acceptors (Lipinski definition) is 9. The number of ether oxygens (including phenoxy) is 4. The van der Waals surface area contributed by atoms with Crippen LogP contribution in [0.15, 0.2) is 47.3 Å². The minimum atomic E-state index is -0.725. The number of likely N-dealkylation sites (N-methyl/N-ethyl adjacent to an activating group) is 1. The number of esters is 2. The van der Waals surface area contributed by atoms with Gasteiger partial charge in [0, 0.05) is 18.1 Å². The second kappa shape index (κ2) is 11.1. The van der Waals surface area contributed by atoms with Gasteiger partial charge in [0.2, 0.25) is 0 Å². The normalized spacial score (nSPS) is 10.5. The molecule has 11 heteroatoms. The zero-order chi connectivity index (χ0) is 25.5. The number of benzene rings is 2. The fourth-order valence-corrected chi connectivity index (χ4v) is 3.36. The number of nitrogens with two attached hydrogens (primary N) is 1. The summed E-state index contributed by atoms with van der Waals surface area (Å²) in [4.78, 5) is 48.7. The van der Waals surface area contributed by atoms with Gasteiger partial charge in [0.15, 0.2) is 12.4 Å². The molecule has 1 amide bonds. The molecule has 0 saturated heterocycles. The second-order valence-electron chi connectivity index (χ2n) is 7.28. The maximum absolute atomic E-state index is 13.1. The summed E-state index contributed by atoms with van der Waals surface area (Å²) in [5.41, 5.74) is 6.55. The lowest BCUT2D eigenvalue weighted by Crippen LogP contribution is -2.29. The van der Waals surface area contributed by atoms with Crippen molar-refractivity contribution in [1.82, 2.24) is 9.88 Å². The van der Waals surface area contributed by atoms with E-state index in [4.69, 9.17) is 24.7 Å². The third-order valence-corrected chi connectivity index (χ3v) is 5.11. The van der Waals surface area contributed by atoms with Crippen LogP contribution in [-0.4, -0.2) is 56.9 Å². The SMILES string of the molecule is CNC(=O)COc1cc2cc(N)ccc2n(CCOc2ccc(C(=O)OC)c(C(=O)OC)c2)c1=O. The number of fused-ring (bicyclic) bond motifs is 1. The van der Waals surface area contributed by atoms with Crippen molar-refractivity contribution in [2.24, 2.45) is 0 Å². The molecule has 0 radical (unpaired) electrons. The number of methoxy groups -OCH3 is 2. The number of nitrogens with one attached hydrogen (secondary N) is 1. The van der Waals surface area contributed by atoms with Crippen molar-refractivity contribution < 1.29 is 33.3 Å². The molecule has 0 spiro atoms. The number of nitrogen functional groups attached to an aromatic ring is 1. The number of pyridine rings is 1. The Labute approximate surface area is 200 Å². The van der Waals surface area contributed by atoms with Crippen LogP contribution in [0.4, 0.5) is 5.69 Å². The van der Waals surface area contributed by atoms with E-state index in [2.05, 4.69) is 5.32 Å². The van der Waals surface area contributed by atoms with Crippen molar-refractivity contribution in [3.8, 4) is 11.5 Å². The quantitative estimate of drug-likeness (QED) is 0.340. The number of carbonyl (C=O) groups is 3. The molecule has 0 aliphatic rings. The lowest BCUT2D eigenvalue weighted by molar-refractivity contribution is -0.122. The van der Waals surface area contributed by atoms with Crippen molar-refractivity contribution in [3.63, 3.8) is 0 Å². The molecule has 0 unspecified atom stereocenters. The van der Waals surface area contributed by atoms with Crippen LogP contribution in [-0.2, 0) is 20.8 Å². The average Bonchev–Trinajstić information content (AvgIpc) is 2.87. The third kappa shape index (κ3) is 5.69. The van der Waals surface area contributed by atoms with Gasteiger partial charge >= 0.3 is 11.9 Å². The molecular weight excluding hydrogens is 458 g/mol. The first kappa shape index (κ1) is 25.1. The van der Waals surface area contributed by atoms with Crippen LogP contribution in [0, 0.1) is 0 Å². The van der Waals surface area contributed by atoms with E-state index in [1.165, 1.54) is 50.1 Å². The summed E-state index contributed by atoms with van der Waals surface area (Å²) in [7, 11) is 3.86. The molecule has 1 aromatic heterocycles. The summed E-state index contributed by atoms with van der Waals surface area (Å²) in [5.74, 6) is -1.53. The Morgan fingerprint density at radius 2 is 1.66 bits per heavy atom. The summed E-state index contributed by atoms with van der Waals surface area (Å²) in [6.07, 6.45) is 0. The molecule has 0 bridgehead atoms. The molecule has 1 heterocycles. The largest absolute Gasteiger partial charge is 0.492 e. The van der Waals surface area contributed by atoms with Gasteiger partial charge in [-0.15, -0.1) is 0 Å². The molecule has 184 valence electrons. The number of aromatic nitrogens is 1. The van der Waals surface area contributed by atoms with E-state index in [1.54, 1.807) is 18.2 Å². The van der Waals surface area contributed by atoms with E-state index in [0.29, 0.717) is 16.6 Å². The molecule has 0 aliphatic heterocycles. The fraction of sp³-hybridized carbons (Fsp3) is 0.250. The van der Waals surface area contributed by atoms with Gasteiger partial charge in [-0.2, -0.15) is 0 Å². The number of nitrogens with zero attached hydrogens (tertiary/aromatic N) is 1. The average molecular weight is 483 g/mol. The summed E-state index contributed by atoms with van der Waals surface area (Å²) in [6.45, 7) is -0.169. The lowest BCUT2D eigenvalue weighted by atomic mass is 10.1. The van der Waals surface area contributed by atoms with E-state index in [9.17, 15) is 19.2 Å². The van der Waals surface area contributed by atoms with Gasteiger partial charge in [-0.25, -0.2) is 9.59 Å². The van der Waals surface area contributed by atoms with E-state index in [1.807, 2.05) is 0 Å². The zero-order valence-corrected chi connectivity index (χ0v) is 19.5. The Balaban J connectivity index is 1.88. The monoisotopic (exact) mass is 483 g/mol. The van der Waals surface area contributed by atoms with E-state index in [-0.39, 0.29) is 48.3 Å². The molecule has 2 aromatic carbocycles. The number of carbonyl (C=O) groups excluding carboxylic acids is 3. The standard InChI is InChI=1S/C24H25N3O8/c1-26-21(28)13-35-20-11-14-10-15(25)4-7-19(14)27(22(20)29)8-9-34-16-5-6-17(23(30)32-2)18(12-16)24(31)33-3/h4-7,10-12H,8-9,13,25H2,1-3H3,(H,26,28). The zero-order valence-electron chi connectivity index (χ0n) is 19.5. The molecule has 0 aliphatic carbocycles. The molecule has 0 atom stereocenters. The van der Waals surface area contributed by atoms with Crippen LogP contribution in [0.3, 0.4) is 0 Å². The predicted molar refractivity (Wildman–Crippen MR) is 127 cm³/mol. The van der Waals surface area contributed by atoms with Crippen molar-refractivity contribution >= 4 is 34.4 Å². The Hall–Kier alpha value is -4.54. The first-order chi connectivity index (χ1) is 16.8. The Kier molecular flexibility index (Phi) is 7.92. The summed E-state index contributed by atoms with van der Waals surface area (Å²) < 4.78 is 22.0. The smallest absolute Gasteiger partial charge is 0.338 e. The van der Waals surface area contributed by atoms with Gasteiger partial charge in [0.05, 0.1) is 37.4 Å². The van der Waals surface area contributed by atoms with Crippen LogP contribution < -0.4 is 26.1 Å². The first-order valence-corrected chi connectivity index (χ1v) is 10.5. The third-order valence-electron chi connectivity index (χ3n) is 5.11. The molecule has 3 rings (SSSR count). The number of anilines is 1. The van der Waals surface area contributed by atoms with E-state index >= 15 is 0 Å². The summed E-state index contributed by atoms with van der Waals surface area (Å²) >= 11 is 0. The number of amides is 1. The van der Waals surface area contributed by atoms with Crippen molar-refractivity contribution in [3.05, 3.63) is 63.9 Å². The van der Waals surface area contributed by atoms with Crippen molar-refractivity contribution in [2.75, 3.05) is 40.2 Å². The lowest BCUT2D eigenvalue weighted by Gasteiger charge is -2.15. The van der Waals surface area contributed by atoms with Crippen LogP contribution >= 0.6 is 0 Å². The van der Waals surface area contributed by atoms with Crippen molar-refractivity contribution in [2.45, 2.75) is 6.54 Å². The van der Waals surface area contributed by atoms with Crippen LogP contribution in [0.1, 0.15) is 20.7 Å². The first-order valence-electron chi connectivity index (χ1n) is 10.5. The van der Waals surface area contributed by atoms with Gasteiger partial charge in [-0.1, -0.05) is 0 Å². The molecular formula is C24H25N3O8. The van der Waals surface area contributed by atoms with Gasteiger partial charge in [0.25, 0.3) is 11.5 Å². The minimum absolute atomic E-state index is 0.0119. The highest BCUT2D eigenvalue weighted by Gasteiger charge is 2.19. The van der Waals surface area contributed by atoms with E-state index in [0.717, 1.165) is 0 Å². The fourth-order valence-electron chi connectivity index (χ4n) is 3.36. The van der Waals surface area contributed by atoms with E-state index < -0.39 is 17.5 Å². The molecule has 3 N–H and O–H groups in total. The van der Waals surface area contributed by atoms with Gasteiger partial charge in [-0.05, 0) is 42.5 Å². The maximum atomic E-state index is 13.1. The van der Waals surface area contributed by atoms with Gasteiger partial charge in [0.1, 0.15) is 12.4 Å². The van der Waals surface area contributed by atoms with Gasteiger partial charge < -0.3 is 34.6 Å². The molecule has 35 heavy (non-hydrogen) atoms. The molecule has 0 saturated carbocycles. The molecule has 11 nitrogen and oxygen atoms in total. The van der Waals surface area contributed by atoms with Crippen molar-refractivity contribution in [1.29, 1.82) is 0 Å². The maximum Gasteiger partial charge on any atom is 0.338 e. The Bertz CT molecular complexity index is 1330. The molecule has 0 fully saturated rings. The summed E-state index contributed by atoms with van der Waals surface area (Å²) in [6, 6.07) is 10.8. The highest BCUT2D eigenvalue weighted by Crippen LogP contribution is 2.22. The minimum Gasteiger partial charge on any atom is -0.492 e. The summed E-state index contributed by atoms with van der Waals surface area (Å²) in [5, 5.41) is 3.07. The van der Waals surface area contributed by atoms with Crippen LogP contribution in [0.2, 0.25) is 0 Å². The molecule has 3 aromatic rings. The predicted octanol–water partition coefficient (Wildman–Crippen LogP) is 1.36. The van der Waals surface area contributed by atoms with Gasteiger partial charge in [-0.3, -0.25) is 9.59 Å². The number of rotatable bonds is 9.